The molecule has 1 N–H and O–H groups in total. The molecule has 0 unspecified atom stereocenters. The van der Waals surface area contributed by atoms with Crippen LogP contribution in [0, 0.1) is 12.8 Å². The molecule has 1 aromatic rings. The van der Waals surface area contributed by atoms with E-state index in [9.17, 15) is 4.79 Å². The molecular weight excluding hydrogens is 228 g/mol. The fourth-order valence-electron chi connectivity index (χ4n) is 1.23. The molecule has 1 rings (SSSR count). The van der Waals surface area contributed by atoms with E-state index in [4.69, 9.17) is 16.3 Å². The Morgan fingerprint density at radius 1 is 1.69 bits per heavy atom. The van der Waals surface area contributed by atoms with E-state index in [0.717, 1.165) is 0 Å². The first-order valence-corrected chi connectivity index (χ1v) is 5.35. The maximum atomic E-state index is 11.7. The van der Waals surface area contributed by atoms with Gasteiger partial charge in [0.25, 0.3) is 0 Å². The standard InChI is InChI=1S/C11H15ClN2O2/c1-7(6-16-3)11(15)14-9-4-5-13-8(2)10(9)12/h4-5,7H,6H2,1-3H3,(H,13,14,15)/t7-/m1/s1. The van der Waals surface area contributed by atoms with Crippen LogP contribution in [0.1, 0.15) is 12.6 Å². The van der Waals surface area contributed by atoms with Crippen molar-refractivity contribution in [2.45, 2.75) is 13.8 Å². The number of amides is 1. The van der Waals surface area contributed by atoms with Gasteiger partial charge in [-0.25, -0.2) is 0 Å². The van der Waals surface area contributed by atoms with Gasteiger partial charge in [-0.2, -0.15) is 0 Å². The molecule has 88 valence electrons. The number of nitrogens with one attached hydrogen (secondary N) is 1. The monoisotopic (exact) mass is 242 g/mol. The number of ether oxygens (including phenoxy) is 1. The van der Waals surface area contributed by atoms with Crippen LogP contribution in [0.2, 0.25) is 5.02 Å². The van der Waals surface area contributed by atoms with Crippen LogP contribution in [-0.2, 0) is 9.53 Å². The van der Waals surface area contributed by atoms with Crippen LogP contribution in [0.3, 0.4) is 0 Å². The van der Waals surface area contributed by atoms with Crippen molar-refractivity contribution in [1.82, 2.24) is 4.98 Å². The summed E-state index contributed by atoms with van der Waals surface area (Å²) in [6.07, 6.45) is 1.61. The number of anilines is 1. The molecule has 4 nitrogen and oxygen atoms in total. The molecule has 1 amide bonds. The third kappa shape index (κ3) is 3.18. The first-order valence-electron chi connectivity index (χ1n) is 4.97. The van der Waals surface area contributed by atoms with Crippen molar-refractivity contribution >= 4 is 23.2 Å². The minimum absolute atomic E-state index is 0.116. The molecule has 0 radical (unpaired) electrons. The third-order valence-electron chi connectivity index (χ3n) is 2.19. The van der Waals surface area contributed by atoms with E-state index >= 15 is 0 Å². The van der Waals surface area contributed by atoms with Crippen molar-refractivity contribution in [3.8, 4) is 0 Å². The van der Waals surface area contributed by atoms with Crippen molar-refractivity contribution in [3.05, 3.63) is 23.0 Å². The number of pyridine rings is 1. The molecule has 16 heavy (non-hydrogen) atoms. The Labute approximate surface area is 100.0 Å². The molecule has 0 aliphatic rings. The average molecular weight is 243 g/mol. The summed E-state index contributed by atoms with van der Waals surface area (Å²) in [6.45, 7) is 3.96. The fraction of sp³-hybridized carbons (Fsp3) is 0.455. The minimum atomic E-state index is -0.213. The minimum Gasteiger partial charge on any atom is -0.384 e. The lowest BCUT2D eigenvalue weighted by Crippen LogP contribution is -2.24. The molecule has 0 fully saturated rings. The molecule has 0 saturated heterocycles. The molecule has 1 heterocycles. The second-order valence-electron chi connectivity index (χ2n) is 3.60. The van der Waals surface area contributed by atoms with Gasteiger partial charge >= 0.3 is 0 Å². The predicted octanol–water partition coefficient (Wildman–Crippen LogP) is 2.26. The van der Waals surface area contributed by atoms with Gasteiger partial charge in [0.1, 0.15) is 0 Å². The second-order valence-corrected chi connectivity index (χ2v) is 3.98. The van der Waals surface area contributed by atoms with Crippen molar-refractivity contribution in [3.63, 3.8) is 0 Å². The highest BCUT2D eigenvalue weighted by Crippen LogP contribution is 2.23. The zero-order chi connectivity index (χ0) is 12.1. The number of aromatic nitrogens is 1. The number of halogens is 1. The van der Waals surface area contributed by atoms with E-state index in [1.807, 2.05) is 0 Å². The molecule has 0 spiro atoms. The molecule has 0 aromatic carbocycles. The van der Waals surface area contributed by atoms with Crippen LogP contribution in [0.4, 0.5) is 5.69 Å². The van der Waals surface area contributed by atoms with Gasteiger partial charge in [-0.15, -0.1) is 0 Å². The van der Waals surface area contributed by atoms with E-state index in [1.165, 1.54) is 0 Å². The highest BCUT2D eigenvalue weighted by molar-refractivity contribution is 6.34. The van der Waals surface area contributed by atoms with E-state index in [2.05, 4.69) is 10.3 Å². The quantitative estimate of drug-likeness (QED) is 0.881. The van der Waals surface area contributed by atoms with Gasteiger partial charge in [0.2, 0.25) is 5.91 Å². The number of hydrogen-bond donors (Lipinski definition) is 1. The zero-order valence-electron chi connectivity index (χ0n) is 9.58. The lowest BCUT2D eigenvalue weighted by molar-refractivity contribution is -0.120. The molecule has 0 aliphatic carbocycles. The van der Waals surface area contributed by atoms with Gasteiger partial charge in [0, 0.05) is 13.3 Å². The Hall–Kier alpha value is -1.13. The van der Waals surface area contributed by atoms with Crippen LogP contribution in [-0.4, -0.2) is 24.6 Å². The first kappa shape index (κ1) is 12.9. The van der Waals surface area contributed by atoms with Gasteiger partial charge in [-0.05, 0) is 13.0 Å². The number of hydrogen-bond acceptors (Lipinski definition) is 3. The summed E-state index contributed by atoms with van der Waals surface area (Å²) in [4.78, 5) is 15.7. The average Bonchev–Trinajstić information content (AvgIpc) is 2.25. The lowest BCUT2D eigenvalue weighted by Gasteiger charge is -2.12. The van der Waals surface area contributed by atoms with E-state index in [0.29, 0.717) is 23.0 Å². The second kappa shape index (κ2) is 5.82. The molecule has 0 bridgehead atoms. The van der Waals surface area contributed by atoms with E-state index < -0.39 is 0 Å². The zero-order valence-corrected chi connectivity index (χ0v) is 10.3. The molecule has 5 heteroatoms. The Balaban J connectivity index is 2.73. The highest BCUT2D eigenvalue weighted by atomic mass is 35.5. The van der Waals surface area contributed by atoms with E-state index in [-0.39, 0.29) is 11.8 Å². The number of methoxy groups -OCH3 is 1. The smallest absolute Gasteiger partial charge is 0.229 e. The number of aryl methyl sites for hydroxylation is 1. The summed E-state index contributed by atoms with van der Waals surface area (Å²) >= 11 is 6.01. The predicted molar refractivity (Wildman–Crippen MR) is 63.7 cm³/mol. The Bertz CT molecular complexity index is 382. The van der Waals surface area contributed by atoms with Crippen LogP contribution < -0.4 is 5.32 Å². The summed E-state index contributed by atoms with van der Waals surface area (Å²) in [5.41, 5.74) is 1.28. The first-order chi connectivity index (χ1) is 7.56. The van der Waals surface area contributed by atoms with Gasteiger partial charge in [0.05, 0.1) is 28.9 Å². The number of rotatable bonds is 4. The summed E-state index contributed by atoms with van der Waals surface area (Å²) in [5, 5.41) is 3.22. The lowest BCUT2D eigenvalue weighted by atomic mass is 10.2. The summed E-state index contributed by atoms with van der Waals surface area (Å²) < 4.78 is 4.91. The number of carbonyl (C=O) groups excluding carboxylic acids is 1. The molecule has 0 aliphatic heterocycles. The van der Waals surface area contributed by atoms with Gasteiger partial charge < -0.3 is 10.1 Å². The van der Waals surface area contributed by atoms with Crippen LogP contribution >= 0.6 is 11.6 Å². The van der Waals surface area contributed by atoms with Gasteiger partial charge in [0.15, 0.2) is 0 Å². The fourth-order valence-corrected chi connectivity index (χ4v) is 1.39. The van der Waals surface area contributed by atoms with Crippen molar-refractivity contribution in [2.24, 2.45) is 5.92 Å². The number of carbonyl (C=O) groups is 1. The molecule has 1 aromatic heterocycles. The number of nitrogens with zero attached hydrogens (tertiary/aromatic N) is 1. The maximum absolute atomic E-state index is 11.7. The van der Waals surface area contributed by atoms with Crippen LogP contribution in [0.15, 0.2) is 12.3 Å². The summed E-state index contributed by atoms with van der Waals surface area (Å²) in [5.74, 6) is -0.330. The Kier molecular flexibility index (Phi) is 4.71. The van der Waals surface area contributed by atoms with Gasteiger partial charge in [-0.1, -0.05) is 18.5 Å². The normalized spacial score (nSPS) is 12.2. The third-order valence-corrected chi connectivity index (χ3v) is 2.66. The molecule has 1 atom stereocenters. The van der Waals surface area contributed by atoms with E-state index in [1.54, 1.807) is 33.2 Å². The summed E-state index contributed by atoms with van der Waals surface area (Å²) in [6, 6.07) is 1.67. The van der Waals surface area contributed by atoms with Crippen molar-refractivity contribution in [1.29, 1.82) is 0 Å². The van der Waals surface area contributed by atoms with Crippen LogP contribution in [0.25, 0.3) is 0 Å². The topological polar surface area (TPSA) is 51.2 Å². The molecular formula is C11H15ClN2O2. The Morgan fingerprint density at radius 3 is 3.00 bits per heavy atom. The van der Waals surface area contributed by atoms with Crippen molar-refractivity contribution < 1.29 is 9.53 Å². The maximum Gasteiger partial charge on any atom is 0.229 e. The molecule has 0 saturated carbocycles. The SMILES string of the molecule is COC[C@@H](C)C(=O)Nc1ccnc(C)c1Cl. The Morgan fingerprint density at radius 2 is 2.38 bits per heavy atom. The van der Waals surface area contributed by atoms with Crippen molar-refractivity contribution in [2.75, 3.05) is 19.0 Å². The van der Waals surface area contributed by atoms with Crippen LogP contribution in [0.5, 0.6) is 0 Å². The van der Waals surface area contributed by atoms with Gasteiger partial charge in [-0.3, -0.25) is 9.78 Å². The largest absolute Gasteiger partial charge is 0.384 e. The highest BCUT2D eigenvalue weighted by Gasteiger charge is 2.14. The summed E-state index contributed by atoms with van der Waals surface area (Å²) in [7, 11) is 1.56.